The smallest absolute Gasteiger partial charge is 0.328 e. The number of nitrogens with zero attached hydrogens (tertiary/aromatic N) is 4. The number of oxazole rings is 1. The van der Waals surface area contributed by atoms with Gasteiger partial charge in [0.15, 0.2) is 6.04 Å². The summed E-state index contributed by atoms with van der Waals surface area (Å²) in [6, 6.07) is 17.2. The molecule has 0 amide bonds. The van der Waals surface area contributed by atoms with Crippen molar-refractivity contribution in [1.82, 2.24) is 19.7 Å². The van der Waals surface area contributed by atoms with Gasteiger partial charge in [-0.15, -0.1) is 0 Å². The molecule has 0 aliphatic heterocycles. The molecule has 7 nitrogen and oxygen atoms in total. The van der Waals surface area contributed by atoms with E-state index in [1.165, 1.54) is 22.9 Å². The molecule has 1 unspecified atom stereocenters. The third-order valence-corrected chi connectivity index (χ3v) is 5.29. The Balaban J connectivity index is 1.33. The van der Waals surface area contributed by atoms with Gasteiger partial charge in [-0.2, -0.15) is 5.10 Å². The lowest BCUT2D eigenvalue weighted by Crippen LogP contribution is -2.21. The van der Waals surface area contributed by atoms with Crippen LogP contribution in [-0.2, 0) is 24.1 Å². The molecule has 2 heterocycles. The first kappa shape index (κ1) is 20.5. The van der Waals surface area contributed by atoms with Gasteiger partial charge in [0.25, 0.3) is 0 Å². The largest absolute Gasteiger partial charge is 0.480 e. The first-order valence-corrected chi connectivity index (χ1v) is 10.3. The fourth-order valence-corrected chi connectivity index (χ4v) is 3.56. The molecule has 7 heteroatoms. The fourth-order valence-electron chi connectivity index (χ4n) is 3.56. The van der Waals surface area contributed by atoms with Crippen LogP contribution in [0.4, 0.5) is 0 Å². The fraction of sp³-hybridized carbons (Fsp3) is 0.250. The van der Waals surface area contributed by atoms with Crippen LogP contribution in [0.1, 0.15) is 35.0 Å². The number of hydrogen-bond donors (Lipinski definition) is 1. The van der Waals surface area contributed by atoms with Gasteiger partial charge in [0.1, 0.15) is 18.4 Å². The average molecular weight is 416 g/mol. The second-order valence-electron chi connectivity index (χ2n) is 7.49. The second kappa shape index (κ2) is 9.38. The van der Waals surface area contributed by atoms with Crippen molar-refractivity contribution in [3.8, 4) is 11.5 Å². The van der Waals surface area contributed by atoms with E-state index in [4.69, 9.17) is 4.42 Å². The van der Waals surface area contributed by atoms with Crippen LogP contribution in [0.15, 0.2) is 71.7 Å². The molecule has 158 valence electrons. The highest BCUT2D eigenvalue weighted by Gasteiger charge is 2.20. The molecule has 0 fully saturated rings. The van der Waals surface area contributed by atoms with Crippen molar-refractivity contribution in [3.63, 3.8) is 0 Å². The van der Waals surface area contributed by atoms with Crippen LogP contribution in [0, 0.1) is 6.92 Å². The van der Waals surface area contributed by atoms with E-state index in [0.717, 1.165) is 41.8 Å². The van der Waals surface area contributed by atoms with Crippen LogP contribution in [0.25, 0.3) is 11.5 Å². The van der Waals surface area contributed by atoms with E-state index in [0.29, 0.717) is 12.3 Å². The summed E-state index contributed by atoms with van der Waals surface area (Å²) in [6.07, 6.45) is 5.85. The van der Waals surface area contributed by atoms with E-state index in [1.54, 1.807) is 0 Å². The lowest BCUT2D eigenvalue weighted by atomic mass is 10.0. The van der Waals surface area contributed by atoms with E-state index in [1.807, 2.05) is 49.4 Å². The Morgan fingerprint density at radius 3 is 2.48 bits per heavy atom. The minimum absolute atomic E-state index is 0.360. The van der Waals surface area contributed by atoms with Gasteiger partial charge in [0, 0.05) is 12.0 Å². The van der Waals surface area contributed by atoms with Crippen LogP contribution in [-0.4, -0.2) is 30.8 Å². The predicted molar refractivity (Wildman–Crippen MR) is 116 cm³/mol. The maximum Gasteiger partial charge on any atom is 0.328 e. The predicted octanol–water partition coefficient (Wildman–Crippen LogP) is 4.29. The van der Waals surface area contributed by atoms with Crippen molar-refractivity contribution < 1.29 is 14.3 Å². The molecular formula is C24H24N4O3. The Labute approximate surface area is 180 Å². The number of aliphatic carboxylic acids is 1. The Hall–Kier alpha value is -3.74. The van der Waals surface area contributed by atoms with E-state index >= 15 is 0 Å². The average Bonchev–Trinajstić information content (AvgIpc) is 3.44. The highest BCUT2D eigenvalue weighted by atomic mass is 16.4. The molecule has 0 aliphatic carbocycles. The van der Waals surface area contributed by atoms with E-state index in [-0.39, 0.29) is 0 Å². The molecule has 4 rings (SSSR count). The van der Waals surface area contributed by atoms with Gasteiger partial charge in [-0.3, -0.25) is 0 Å². The van der Waals surface area contributed by atoms with Gasteiger partial charge in [0.05, 0.1) is 5.69 Å². The normalized spacial score (nSPS) is 12.0. The van der Waals surface area contributed by atoms with Crippen molar-refractivity contribution >= 4 is 5.97 Å². The Morgan fingerprint density at radius 1 is 1.06 bits per heavy atom. The molecule has 0 saturated heterocycles. The molecule has 0 spiro atoms. The molecule has 1 atom stereocenters. The molecule has 0 bridgehead atoms. The van der Waals surface area contributed by atoms with E-state index in [2.05, 4.69) is 27.2 Å². The number of hydrogen-bond acceptors (Lipinski definition) is 5. The minimum Gasteiger partial charge on any atom is -0.480 e. The first-order chi connectivity index (χ1) is 15.1. The van der Waals surface area contributed by atoms with Crippen molar-refractivity contribution in [2.75, 3.05) is 0 Å². The summed E-state index contributed by atoms with van der Waals surface area (Å²) in [7, 11) is 0. The molecule has 31 heavy (non-hydrogen) atoms. The lowest BCUT2D eigenvalue weighted by molar-refractivity contribution is -0.141. The summed E-state index contributed by atoms with van der Waals surface area (Å²) in [5, 5.41) is 13.4. The summed E-state index contributed by atoms with van der Waals surface area (Å²) in [4.78, 5) is 20.1. The van der Waals surface area contributed by atoms with Crippen LogP contribution in [0.3, 0.4) is 0 Å². The van der Waals surface area contributed by atoms with Gasteiger partial charge >= 0.3 is 5.97 Å². The molecular weight excluding hydrogens is 392 g/mol. The highest BCUT2D eigenvalue weighted by Crippen LogP contribution is 2.22. The van der Waals surface area contributed by atoms with Crippen LogP contribution in [0.2, 0.25) is 0 Å². The van der Waals surface area contributed by atoms with Gasteiger partial charge in [-0.25, -0.2) is 19.4 Å². The molecule has 0 aliphatic rings. The lowest BCUT2D eigenvalue weighted by Gasteiger charge is -2.12. The molecule has 2 aromatic heterocycles. The van der Waals surface area contributed by atoms with Crippen LogP contribution in [0.5, 0.6) is 0 Å². The number of aromatic nitrogens is 4. The summed E-state index contributed by atoms with van der Waals surface area (Å²) < 4.78 is 7.21. The highest BCUT2D eigenvalue weighted by molar-refractivity contribution is 5.72. The zero-order chi connectivity index (χ0) is 21.6. The molecule has 4 aromatic rings. The van der Waals surface area contributed by atoms with Gasteiger partial charge in [0.2, 0.25) is 5.89 Å². The molecule has 0 saturated carbocycles. The number of benzene rings is 2. The standard InChI is InChI=1S/C24H24N4O3/c1-17-21(27-23(31-17)20-7-3-2-4-8-20)9-5-6-18-10-12-19(13-11-18)14-22(24(29)30)28-16-25-15-26-28/h2-4,7-8,10-13,15-16,22H,5-6,9,14H2,1H3,(H,29,30). The van der Waals surface area contributed by atoms with Crippen molar-refractivity contribution in [2.24, 2.45) is 0 Å². The molecule has 1 N–H and O–H groups in total. The van der Waals surface area contributed by atoms with Gasteiger partial charge in [-0.05, 0) is 49.4 Å². The third-order valence-electron chi connectivity index (χ3n) is 5.29. The molecule has 0 radical (unpaired) electrons. The third kappa shape index (κ3) is 5.06. The van der Waals surface area contributed by atoms with Crippen molar-refractivity contribution in [2.45, 2.75) is 38.6 Å². The number of carbonyl (C=O) groups is 1. The van der Waals surface area contributed by atoms with Crippen LogP contribution < -0.4 is 0 Å². The van der Waals surface area contributed by atoms with Gasteiger partial charge < -0.3 is 9.52 Å². The van der Waals surface area contributed by atoms with Crippen LogP contribution >= 0.6 is 0 Å². The number of carboxylic acid groups (broad SMARTS) is 1. The minimum atomic E-state index is -0.924. The maximum atomic E-state index is 11.6. The first-order valence-electron chi connectivity index (χ1n) is 10.3. The Kier molecular flexibility index (Phi) is 6.21. The SMILES string of the molecule is Cc1oc(-c2ccccc2)nc1CCCc1ccc(CC(C(=O)O)n2cncn2)cc1. The number of rotatable bonds is 9. The summed E-state index contributed by atoms with van der Waals surface area (Å²) >= 11 is 0. The van der Waals surface area contributed by atoms with Crippen molar-refractivity contribution in [3.05, 3.63) is 89.8 Å². The van der Waals surface area contributed by atoms with E-state index < -0.39 is 12.0 Å². The quantitative estimate of drug-likeness (QED) is 0.438. The summed E-state index contributed by atoms with van der Waals surface area (Å²) in [5.74, 6) is 0.604. The topological polar surface area (TPSA) is 94.0 Å². The Morgan fingerprint density at radius 2 is 1.81 bits per heavy atom. The summed E-state index contributed by atoms with van der Waals surface area (Å²) in [5.41, 5.74) is 4.14. The van der Waals surface area contributed by atoms with Crippen molar-refractivity contribution in [1.29, 1.82) is 0 Å². The Bertz CT molecular complexity index is 1120. The number of carboxylic acids is 1. The number of aryl methyl sites for hydroxylation is 3. The molecule has 2 aromatic carbocycles. The zero-order valence-corrected chi connectivity index (χ0v) is 17.3. The zero-order valence-electron chi connectivity index (χ0n) is 17.3. The second-order valence-corrected chi connectivity index (χ2v) is 7.49. The maximum absolute atomic E-state index is 11.6. The summed E-state index contributed by atoms with van der Waals surface area (Å²) in [6.45, 7) is 1.96. The monoisotopic (exact) mass is 416 g/mol. The van der Waals surface area contributed by atoms with Gasteiger partial charge in [-0.1, -0.05) is 42.5 Å². The van der Waals surface area contributed by atoms with E-state index in [9.17, 15) is 9.90 Å².